The topological polar surface area (TPSA) is 93.1 Å². The minimum Gasteiger partial charge on any atom is -0.323 e. The fourth-order valence-electron chi connectivity index (χ4n) is 2.92. The first-order valence-corrected chi connectivity index (χ1v) is 10.8. The maximum atomic E-state index is 12.9. The van der Waals surface area contributed by atoms with Gasteiger partial charge in [-0.1, -0.05) is 50.2 Å². The van der Waals surface area contributed by atoms with Crippen molar-refractivity contribution in [3.63, 3.8) is 0 Å². The molecule has 7 nitrogen and oxygen atoms in total. The van der Waals surface area contributed by atoms with Crippen LogP contribution in [0.3, 0.4) is 0 Å². The summed E-state index contributed by atoms with van der Waals surface area (Å²) in [5.41, 5.74) is 2.57. The van der Waals surface area contributed by atoms with Crippen molar-refractivity contribution in [1.82, 2.24) is 9.78 Å². The molecule has 0 saturated heterocycles. The number of carbonyl (C=O) groups is 2. The lowest BCUT2D eigenvalue weighted by atomic mass is 10.1. The number of rotatable bonds is 7. The van der Waals surface area contributed by atoms with Crippen LogP contribution in [0, 0.1) is 0 Å². The van der Waals surface area contributed by atoms with E-state index in [0.29, 0.717) is 11.4 Å². The molecule has 0 unspecified atom stereocenters. The molecular formula is C23H23BrN4O3. The van der Waals surface area contributed by atoms with Crippen LogP contribution in [0.25, 0.3) is 11.3 Å². The monoisotopic (exact) mass is 482 g/mol. The maximum Gasteiger partial charge on any atom is 0.291 e. The number of para-hydroxylation sites is 1. The van der Waals surface area contributed by atoms with Gasteiger partial charge in [0, 0.05) is 16.5 Å². The first kappa shape index (κ1) is 22.4. The van der Waals surface area contributed by atoms with Crippen molar-refractivity contribution in [3.05, 3.63) is 75.0 Å². The molecule has 0 fully saturated rings. The summed E-state index contributed by atoms with van der Waals surface area (Å²) in [6, 6.07) is 16.5. The highest BCUT2D eigenvalue weighted by Gasteiger charge is 2.15. The lowest BCUT2D eigenvalue weighted by Crippen LogP contribution is -2.32. The Morgan fingerprint density at radius 3 is 2.29 bits per heavy atom. The number of halogens is 1. The smallest absolute Gasteiger partial charge is 0.291 e. The standard InChI is InChI=1S/C23H23BrN4O3/c1-3-15-9-11-16(12-10-15)19-13-20(26-21(29)4-2)23(31)28(27-19)14-22(30)25-18-8-6-5-7-17(18)24/h5-13H,3-4,14H2,1-2H3,(H,25,30)(H,26,29). The van der Waals surface area contributed by atoms with Crippen molar-refractivity contribution >= 4 is 39.1 Å². The number of nitrogens with one attached hydrogen (secondary N) is 2. The number of benzene rings is 2. The number of hydrogen-bond acceptors (Lipinski definition) is 4. The summed E-state index contributed by atoms with van der Waals surface area (Å²) in [7, 11) is 0. The van der Waals surface area contributed by atoms with E-state index in [9.17, 15) is 14.4 Å². The van der Waals surface area contributed by atoms with Gasteiger partial charge >= 0.3 is 0 Å². The zero-order valence-electron chi connectivity index (χ0n) is 17.3. The van der Waals surface area contributed by atoms with Crippen molar-refractivity contribution in [2.75, 3.05) is 10.6 Å². The Labute approximate surface area is 188 Å². The van der Waals surface area contributed by atoms with Crippen LogP contribution >= 0.6 is 15.9 Å². The molecule has 2 aromatic carbocycles. The molecular weight excluding hydrogens is 460 g/mol. The summed E-state index contributed by atoms with van der Waals surface area (Å²) in [6.45, 7) is 3.47. The molecule has 3 aromatic rings. The van der Waals surface area contributed by atoms with Crippen molar-refractivity contribution < 1.29 is 9.59 Å². The van der Waals surface area contributed by atoms with Crippen molar-refractivity contribution in [3.8, 4) is 11.3 Å². The number of amides is 2. The van der Waals surface area contributed by atoms with Crippen LogP contribution < -0.4 is 16.2 Å². The van der Waals surface area contributed by atoms with Gasteiger partial charge in [0.1, 0.15) is 12.2 Å². The third kappa shape index (κ3) is 5.67. The first-order valence-electron chi connectivity index (χ1n) is 9.97. The maximum absolute atomic E-state index is 12.9. The summed E-state index contributed by atoms with van der Waals surface area (Å²) in [4.78, 5) is 37.4. The molecule has 2 N–H and O–H groups in total. The zero-order valence-corrected chi connectivity index (χ0v) is 18.9. The van der Waals surface area contributed by atoms with Crippen molar-refractivity contribution in [2.24, 2.45) is 0 Å². The van der Waals surface area contributed by atoms with Crippen molar-refractivity contribution in [2.45, 2.75) is 33.2 Å². The van der Waals surface area contributed by atoms with Gasteiger partial charge in [-0.05, 0) is 46.1 Å². The van der Waals surface area contributed by atoms with Gasteiger partial charge in [0.15, 0.2) is 0 Å². The second-order valence-electron chi connectivity index (χ2n) is 6.89. The molecule has 0 bridgehead atoms. The fourth-order valence-corrected chi connectivity index (χ4v) is 3.30. The lowest BCUT2D eigenvalue weighted by molar-refractivity contribution is -0.117. The van der Waals surface area contributed by atoms with Crippen LogP contribution in [-0.2, 0) is 22.6 Å². The molecule has 0 aliphatic carbocycles. The molecule has 0 aliphatic heterocycles. The van der Waals surface area contributed by atoms with Crippen LogP contribution in [0.4, 0.5) is 11.4 Å². The molecule has 0 aliphatic rings. The van der Waals surface area contributed by atoms with Crippen LogP contribution in [-0.4, -0.2) is 21.6 Å². The normalized spacial score (nSPS) is 10.5. The van der Waals surface area contributed by atoms with E-state index in [4.69, 9.17) is 0 Å². The molecule has 0 atom stereocenters. The Morgan fingerprint density at radius 2 is 1.65 bits per heavy atom. The van der Waals surface area contributed by atoms with E-state index >= 15 is 0 Å². The highest BCUT2D eigenvalue weighted by molar-refractivity contribution is 9.10. The molecule has 2 amide bonds. The van der Waals surface area contributed by atoms with Crippen LogP contribution in [0.1, 0.15) is 25.8 Å². The quantitative estimate of drug-likeness (QED) is 0.526. The van der Waals surface area contributed by atoms with Gasteiger partial charge in [-0.2, -0.15) is 5.10 Å². The van der Waals surface area contributed by atoms with Gasteiger partial charge in [-0.25, -0.2) is 4.68 Å². The Kier molecular flexibility index (Phi) is 7.36. The number of anilines is 2. The van der Waals surface area contributed by atoms with E-state index in [1.165, 1.54) is 5.56 Å². The molecule has 1 aromatic heterocycles. The van der Waals surface area contributed by atoms with Gasteiger partial charge in [-0.15, -0.1) is 0 Å². The van der Waals surface area contributed by atoms with Crippen LogP contribution in [0.15, 0.2) is 63.9 Å². The third-order valence-electron chi connectivity index (χ3n) is 4.67. The molecule has 160 valence electrons. The summed E-state index contributed by atoms with van der Waals surface area (Å²) in [5, 5.41) is 9.75. The van der Waals surface area contributed by atoms with Crippen molar-refractivity contribution in [1.29, 1.82) is 0 Å². The van der Waals surface area contributed by atoms with Gasteiger partial charge in [0.2, 0.25) is 11.8 Å². The van der Waals surface area contributed by atoms with Gasteiger partial charge in [-0.3, -0.25) is 14.4 Å². The summed E-state index contributed by atoms with van der Waals surface area (Å²) in [6.07, 6.45) is 1.13. The Balaban J connectivity index is 1.96. The summed E-state index contributed by atoms with van der Waals surface area (Å²) >= 11 is 3.38. The molecule has 0 radical (unpaired) electrons. The Morgan fingerprint density at radius 1 is 0.968 bits per heavy atom. The average molecular weight is 483 g/mol. The number of aromatic nitrogens is 2. The van der Waals surface area contributed by atoms with Gasteiger partial charge in [0.25, 0.3) is 5.56 Å². The minimum atomic E-state index is -0.544. The second-order valence-corrected chi connectivity index (χ2v) is 7.74. The van der Waals surface area contributed by atoms with Gasteiger partial charge in [0.05, 0.1) is 11.4 Å². The van der Waals surface area contributed by atoms with E-state index in [1.807, 2.05) is 30.3 Å². The number of hydrogen-bond donors (Lipinski definition) is 2. The second kappa shape index (κ2) is 10.2. The van der Waals surface area contributed by atoms with E-state index in [0.717, 1.165) is 21.1 Å². The predicted octanol–water partition coefficient (Wildman–Crippen LogP) is 4.22. The average Bonchev–Trinajstić information content (AvgIpc) is 2.78. The fraction of sp³-hybridized carbons (Fsp3) is 0.217. The minimum absolute atomic E-state index is 0.0881. The molecule has 1 heterocycles. The zero-order chi connectivity index (χ0) is 22.4. The highest BCUT2D eigenvalue weighted by Crippen LogP contribution is 2.22. The largest absolute Gasteiger partial charge is 0.323 e. The number of carbonyl (C=O) groups excluding carboxylic acids is 2. The van der Waals surface area contributed by atoms with E-state index in [-0.39, 0.29) is 24.6 Å². The van der Waals surface area contributed by atoms with E-state index in [2.05, 4.69) is 38.6 Å². The third-order valence-corrected chi connectivity index (χ3v) is 5.36. The molecule has 8 heteroatoms. The molecule has 0 spiro atoms. The van der Waals surface area contributed by atoms with Gasteiger partial charge < -0.3 is 10.6 Å². The SMILES string of the molecule is CCC(=O)Nc1cc(-c2ccc(CC)cc2)nn(CC(=O)Nc2ccccc2Br)c1=O. The molecule has 0 saturated carbocycles. The Hall–Kier alpha value is -3.26. The van der Waals surface area contributed by atoms with E-state index < -0.39 is 11.5 Å². The Bertz CT molecular complexity index is 1160. The number of nitrogens with zero attached hydrogens (tertiary/aromatic N) is 2. The summed E-state index contributed by atoms with van der Waals surface area (Å²) in [5.74, 6) is -0.701. The highest BCUT2D eigenvalue weighted by atomic mass is 79.9. The van der Waals surface area contributed by atoms with E-state index in [1.54, 1.807) is 31.2 Å². The first-order chi connectivity index (χ1) is 14.9. The van der Waals surface area contributed by atoms with Crippen LogP contribution in [0.2, 0.25) is 0 Å². The number of aryl methyl sites for hydroxylation is 1. The summed E-state index contributed by atoms with van der Waals surface area (Å²) < 4.78 is 1.80. The lowest BCUT2D eigenvalue weighted by Gasteiger charge is -2.12. The molecule has 31 heavy (non-hydrogen) atoms. The van der Waals surface area contributed by atoms with Crippen LogP contribution in [0.5, 0.6) is 0 Å². The molecule has 3 rings (SSSR count). The predicted molar refractivity (Wildman–Crippen MR) is 125 cm³/mol.